The van der Waals surface area contributed by atoms with Gasteiger partial charge in [0, 0.05) is 4.57 Å². The monoisotopic (exact) mass is 239 g/mol. The molecule has 0 aliphatic heterocycles. The molecule has 6 heteroatoms. The van der Waals surface area contributed by atoms with Crippen molar-refractivity contribution >= 4 is 14.2 Å². The molecule has 0 bridgehead atoms. The van der Waals surface area contributed by atoms with Crippen LogP contribution < -0.4 is 0 Å². The maximum Gasteiger partial charge on any atom is 0.694 e. The molecule has 0 saturated heterocycles. The van der Waals surface area contributed by atoms with E-state index in [1.54, 1.807) is 6.92 Å². The molecule has 5 nitrogen and oxygen atoms in total. The zero-order valence-electron chi connectivity index (χ0n) is 9.56. The van der Waals surface area contributed by atoms with Gasteiger partial charge in [-0.15, -0.1) is 9.42 Å². The highest BCUT2D eigenvalue weighted by molar-refractivity contribution is 7.32. The van der Waals surface area contributed by atoms with Crippen molar-refractivity contribution in [2.75, 3.05) is 13.2 Å². The number of hydrogen-bond acceptors (Lipinski definition) is 4. The molecule has 0 aromatic heterocycles. The minimum Gasteiger partial charge on any atom is -0.466 e. The predicted molar refractivity (Wildman–Crippen MR) is 57.6 cm³/mol. The van der Waals surface area contributed by atoms with Gasteiger partial charge in [0.05, 0.1) is 13.0 Å². The van der Waals surface area contributed by atoms with Crippen molar-refractivity contribution in [3.05, 3.63) is 0 Å². The largest absolute Gasteiger partial charge is 0.694 e. The van der Waals surface area contributed by atoms with Gasteiger partial charge in [0.25, 0.3) is 0 Å². The number of rotatable bonds is 6. The Labute approximate surface area is 91.7 Å². The molecule has 0 heterocycles. The molecule has 0 aliphatic carbocycles. The van der Waals surface area contributed by atoms with Crippen LogP contribution in [0.25, 0.3) is 0 Å². The minimum absolute atomic E-state index is 0.00940. The summed E-state index contributed by atoms with van der Waals surface area (Å²) in [7, 11) is -2.60. The number of unbranched alkanes of at least 4 members (excludes halogenated alkanes) is 1. The Hall–Kier alpha value is -0.510. The van der Waals surface area contributed by atoms with Crippen LogP contribution in [0.1, 0.15) is 40.0 Å². The average molecular weight is 239 g/mol. The summed E-state index contributed by atoms with van der Waals surface area (Å²) in [5.41, 5.74) is 0. The SMILES string of the molecule is CCCC.CCOC(=O)CCO[P+](=O)O. The highest BCUT2D eigenvalue weighted by atomic mass is 31.1. The zero-order chi connectivity index (χ0) is 12.1. The first-order chi connectivity index (χ1) is 7.08. The van der Waals surface area contributed by atoms with Crippen molar-refractivity contribution in [3.63, 3.8) is 0 Å². The summed E-state index contributed by atoms with van der Waals surface area (Å²) in [5.74, 6) is -0.427. The fourth-order valence-electron chi connectivity index (χ4n) is 0.440. The Kier molecular flexibility index (Phi) is 15.2. The normalized spacial score (nSPS) is 10.0. The maximum absolute atomic E-state index is 10.5. The third-order valence-electron chi connectivity index (χ3n) is 1.31. The molecule has 0 spiro atoms. The topological polar surface area (TPSA) is 72.8 Å². The van der Waals surface area contributed by atoms with E-state index in [-0.39, 0.29) is 13.0 Å². The standard InChI is InChI=1S/C5H9O5P.C4H10/c1-2-9-5(6)3-4-10-11(7)8;1-3-4-2/h2-4H2,1H3;3-4H2,1-2H3/p+1. The maximum atomic E-state index is 10.5. The van der Waals surface area contributed by atoms with E-state index in [2.05, 4.69) is 23.1 Å². The van der Waals surface area contributed by atoms with Crippen LogP contribution in [0, 0.1) is 0 Å². The summed E-state index contributed by atoms with van der Waals surface area (Å²) < 4.78 is 18.7. The first kappa shape index (κ1) is 16.9. The molecule has 0 rings (SSSR count). The van der Waals surface area contributed by atoms with Gasteiger partial charge < -0.3 is 4.74 Å². The van der Waals surface area contributed by atoms with Gasteiger partial charge in [-0.05, 0) is 6.92 Å². The molecule has 90 valence electrons. The first-order valence-electron chi connectivity index (χ1n) is 5.03. The summed E-state index contributed by atoms with van der Waals surface area (Å²) in [6, 6.07) is 0. The third kappa shape index (κ3) is 19.8. The van der Waals surface area contributed by atoms with Gasteiger partial charge in [-0.3, -0.25) is 4.79 Å². The molecule has 0 aliphatic rings. The van der Waals surface area contributed by atoms with E-state index in [1.807, 2.05) is 0 Å². The first-order valence-corrected chi connectivity index (χ1v) is 6.16. The summed E-state index contributed by atoms with van der Waals surface area (Å²) in [6.07, 6.45) is 2.65. The molecule has 1 atom stereocenters. The van der Waals surface area contributed by atoms with Crippen LogP contribution in [0.4, 0.5) is 0 Å². The number of carbonyl (C=O) groups excluding carboxylic acids is 1. The molecule has 1 N–H and O–H groups in total. The van der Waals surface area contributed by atoms with Crippen molar-refractivity contribution < 1.29 is 23.5 Å². The Morgan fingerprint density at radius 3 is 2.13 bits per heavy atom. The van der Waals surface area contributed by atoms with Crippen molar-refractivity contribution in [1.82, 2.24) is 0 Å². The van der Waals surface area contributed by atoms with E-state index >= 15 is 0 Å². The molecule has 0 radical (unpaired) electrons. The van der Waals surface area contributed by atoms with Gasteiger partial charge in [-0.2, -0.15) is 0 Å². The van der Waals surface area contributed by atoms with E-state index < -0.39 is 14.2 Å². The Bertz CT molecular complexity index is 170. The predicted octanol–water partition coefficient (Wildman–Crippen LogP) is 2.41. The Morgan fingerprint density at radius 1 is 1.27 bits per heavy atom. The lowest BCUT2D eigenvalue weighted by molar-refractivity contribution is -0.143. The van der Waals surface area contributed by atoms with Crippen molar-refractivity contribution in [1.29, 1.82) is 0 Å². The number of ether oxygens (including phenoxy) is 1. The van der Waals surface area contributed by atoms with E-state index in [4.69, 9.17) is 4.89 Å². The zero-order valence-corrected chi connectivity index (χ0v) is 10.5. The number of hydrogen-bond donors (Lipinski definition) is 1. The van der Waals surface area contributed by atoms with Crippen LogP contribution in [0.3, 0.4) is 0 Å². The third-order valence-corrected chi connectivity index (χ3v) is 1.72. The second kappa shape index (κ2) is 13.5. The molecule has 0 aromatic carbocycles. The smallest absolute Gasteiger partial charge is 0.466 e. The lowest BCUT2D eigenvalue weighted by Gasteiger charge is -1.96. The van der Waals surface area contributed by atoms with Crippen LogP contribution in [0.2, 0.25) is 0 Å². The van der Waals surface area contributed by atoms with Crippen LogP contribution in [0.15, 0.2) is 0 Å². The lowest BCUT2D eigenvalue weighted by atomic mass is 10.4. The van der Waals surface area contributed by atoms with Crippen LogP contribution >= 0.6 is 8.25 Å². The van der Waals surface area contributed by atoms with Crippen LogP contribution in [-0.4, -0.2) is 24.1 Å². The number of carbonyl (C=O) groups is 1. The van der Waals surface area contributed by atoms with Gasteiger partial charge in [0.2, 0.25) is 0 Å². The lowest BCUT2D eigenvalue weighted by Crippen LogP contribution is -2.06. The molecule has 15 heavy (non-hydrogen) atoms. The second-order valence-corrected chi connectivity index (χ2v) is 3.36. The highest BCUT2D eigenvalue weighted by Crippen LogP contribution is 2.14. The molecular weight excluding hydrogens is 219 g/mol. The van der Waals surface area contributed by atoms with Crippen molar-refractivity contribution in [3.8, 4) is 0 Å². The fraction of sp³-hybridized carbons (Fsp3) is 0.889. The van der Waals surface area contributed by atoms with E-state index in [0.29, 0.717) is 6.61 Å². The second-order valence-electron chi connectivity index (χ2n) is 2.63. The Balaban J connectivity index is 0. The van der Waals surface area contributed by atoms with Gasteiger partial charge in [-0.25, -0.2) is 0 Å². The van der Waals surface area contributed by atoms with Crippen LogP contribution in [-0.2, 0) is 18.6 Å². The summed E-state index contributed by atoms with van der Waals surface area (Å²) in [4.78, 5) is 18.7. The van der Waals surface area contributed by atoms with E-state index in [1.165, 1.54) is 12.8 Å². The van der Waals surface area contributed by atoms with Crippen LogP contribution in [0.5, 0.6) is 0 Å². The van der Waals surface area contributed by atoms with Gasteiger partial charge >= 0.3 is 14.2 Å². The van der Waals surface area contributed by atoms with Crippen molar-refractivity contribution in [2.45, 2.75) is 40.0 Å². The van der Waals surface area contributed by atoms with E-state index in [0.717, 1.165) is 0 Å². The van der Waals surface area contributed by atoms with Gasteiger partial charge in [0.15, 0.2) is 0 Å². The quantitative estimate of drug-likeness (QED) is 0.569. The van der Waals surface area contributed by atoms with Crippen molar-refractivity contribution in [2.24, 2.45) is 0 Å². The number of esters is 1. The summed E-state index contributed by atoms with van der Waals surface area (Å²) in [6.45, 7) is 6.28. The molecule has 0 amide bonds. The molecule has 1 unspecified atom stereocenters. The van der Waals surface area contributed by atoms with Gasteiger partial charge in [0.1, 0.15) is 6.61 Å². The summed E-state index contributed by atoms with van der Waals surface area (Å²) in [5, 5.41) is 0. The minimum atomic E-state index is -2.60. The van der Waals surface area contributed by atoms with Gasteiger partial charge in [-0.1, -0.05) is 26.7 Å². The molecule has 0 fully saturated rings. The fourth-order valence-corrected chi connectivity index (χ4v) is 0.688. The average Bonchev–Trinajstić information content (AvgIpc) is 2.18. The molecule has 0 aromatic rings. The molecule has 0 saturated carbocycles. The highest BCUT2D eigenvalue weighted by Gasteiger charge is 2.13. The Morgan fingerprint density at radius 2 is 1.80 bits per heavy atom. The van der Waals surface area contributed by atoms with E-state index in [9.17, 15) is 9.36 Å². The molecular formula is C9H20O5P+. The summed E-state index contributed by atoms with van der Waals surface area (Å²) >= 11 is 0.